The van der Waals surface area contributed by atoms with Crippen LogP contribution in [0.1, 0.15) is 17.6 Å². The summed E-state index contributed by atoms with van der Waals surface area (Å²) in [6, 6.07) is 8.11. The molecule has 0 fully saturated rings. The molecule has 1 N–H and O–H groups in total. The molecule has 98 valence electrons. The number of thiophene rings is 1. The molecule has 3 rings (SSSR count). The standard InChI is InChI=1S/C13H15N5S/c1-2-12-15-16-13-6-5-11(17-18(12)13)14-8-7-10-4-3-9-19-10/h3-6,9H,2,7-8H2,1H3,(H,14,17). The van der Waals surface area contributed by atoms with Crippen LogP contribution in [0.3, 0.4) is 0 Å². The Kier molecular flexibility index (Phi) is 3.41. The molecule has 3 heterocycles. The fourth-order valence-corrected chi connectivity index (χ4v) is 2.63. The normalized spacial score (nSPS) is 11.0. The molecule has 0 unspecified atom stereocenters. The van der Waals surface area contributed by atoms with Crippen LogP contribution in [0.25, 0.3) is 5.65 Å². The third-order valence-electron chi connectivity index (χ3n) is 2.90. The molecular formula is C13H15N5S. The van der Waals surface area contributed by atoms with Crippen molar-refractivity contribution in [3.05, 3.63) is 40.3 Å². The zero-order valence-electron chi connectivity index (χ0n) is 10.7. The number of nitrogens with one attached hydrogen (secondary N) is 1. The lowest BCUT2D eigenvalue weighted by Crippen LogP contribution is -2.08. The fraction of sp³-hybridized carbons (Fsp3) is 0.308. The maximum atomic E-state index is 4.51. The van der Waals surface area contributed by atoms with Crippen molar-refractivity contribution in [3.63, 3.8) is 0 Å². The highest BCUT2D eigenvalue weighted by atomic mass is 32.1. The van der Waals surface area contributed by atoms with E-state index >= 15 is 0 Å². The van der Waals surface area contributed by atoms with E-state index in [9.17, 15) is 0 Å². The molecule has 19 heavy (non-hydrogen) atoms. The van der Waals surface area contributed by atoms with Crippen LogP contribution in [0.2, 0.25) is 0 Å². The summed E-state index contributed by atoms with van der Waals surface area (Å²) in [6.07, 6.45) is 1.84. The summed E-state index contributed by atoms with van der Waals surface area (Å²) in [5.74, 6) is 1.75. The molecule has 6 heteroatoms. The van der Waals surface area contributed by atoms with Gasteiger partial charge in [0.2, 0.25) is 0 Å². The molecule has 0 aliphatic heterocycles. The maximum absolute atomic E-state index is 4.51. The summed E-state index contributed by atoms with van der Waals surface area (Å²) >= 11 is 1.78. The van der Waals surface area contributed by atoms with E-state index in [1.165, 1.54) is 4.88 Å². The van der Waals surface area contributed by atoms with Gasteiger partial charge in [-0.2, -0.15) is 4.52 Å². The minimum atomic E-state index is 0.792. The van der Waals surface area contributed by atoms with E-state index in [1.807, 2.05) is 12.1 Å². The van der Waals surface area contributed by atoms with E-state index in [0.717, 1.165) is 36.7 Å². The van der Waals surface area contributed by atoms with Gasteiger partial charge in [-0.3, -0.25) is 0 Å². The highest BCUT2D eigenvalue weighted by Crippen LogP contribution is 2.11. The molecule has 0 aliphatic rings. The molecule has 0 spiro atoms. The van der Waals surface area contributed by atoms with Gasteiger partial charge < -0.3 is 5.32 Å². The van der Waals surface area contributed by atoms with Gasteiger partial charge in [-0.05, 0) is 30.0 Å². The molecule has 0 radical (unpaired) electrons. The van der Waals surface area contributed by atoms with Crippen LogP contribution in [0.4, 0.5) is 5.82 Å². The highest BCUT2D eigenvalue weighted by molar-refractivity contribution is 7.09. The molecular weight excluding hydrogens is 258 g/mol. The molecule has 0 atom stereocenters. The lowest BCUT2D eigenvalue weighted by Gasteiger charge is -2.05. The van der Waals surface area contributed by atoms with Crippen LogP contribution in [0.15, 0.2) is 29.6 Å². The molecule has 0 saturated heterocycles. The van der Waals surface area contributed by atoms with Crippen molar-refractivity contribution in [2.75, 3.05) is 11.9 Å². The number of aryl methyl sites for hydroxylation is 1. The molecule has 0 aliphatic carbocycles. The van der Waals surface area contributed by atoms with Crippen molar-refractivity contribution < 1.29 is 0 Å². The summed E-state index contributed by atoms with van der Waals surface area (Å²) in [5.41, 5.74) is 0.792. The second-order valence-electron chi connectivity index (χ2n) is 4.21. The van der Waals surface area contributed by atoms with Crippen LogP contribution in [0.5, 0.6) is 0 Å². The summed E-state index contributed by atoms with van der Waals surface area (Å²) in [7, 11) is 0. The Morgan fingerprint density at radius 1 is 1.26 bits per heavy atom. The minimum Gasteiger partial charge on any atom is -0.368 e. The number of hydrogen-bond donors (Lipinski definition) is 1. The molecule has 3 aromatic heterocycles. The first-order valence-corrected chi connectivity index (χ1v) is 7.22. The monoisotopic (exact) mass is 273 g/mol. The molecule has 0 amide bonds. The Morgan fingerprint density at radius 3 is 3.00 bits per heavy atom. The largest absolute Gasteiger partial charge is 0.368 e. The van der Waals surface area contributed by atoms with Crippen molar-refractivity contribution in [3.8, 4) is 0 Å². The van der Waals surface area contributed by atoms with Crippen LogP contribution in [-0.4, -0.2) is 26.4 Å². The summed E-state index contributed by atoms with van der Waals surface area (Å²) < 4.78 is 1.80. The average Bonchev–Trinajstić information content (AvgIpc) is 3.07. The second-order valence-corrected chi connectivity index (χ2v) is 5.25. The lowest BCUT2D eigenvalue weighted by atomic mass is 10.3. The van der Waals surface area contributed by atoms with Gasteiger partial charge in [-0.1, -0.05) is 13.0 Å². The minimum absolute atomic E-state index is 0.792. The second kappa shape index (κ2) is 5.36. The van der Waals surface area contributed by atoms with E-state index in [2.05, 4.69) is 45.0 Å². The van der Waals surface area contributed by atoms with E-state index in [1.54, 1.807) is 15.9 Å². The van der Waals surface area contributed by atoms with Gasteiger partial charge in [0.1, 0.15) is 5.82 Å². The summed E-state index contributed by atoms with van der Waals surface area (Å²) in [5, 5.41) is 18.1. The summed E-state index contributed by atoms with van der Waals surface area (Å²) in [6.45, 7) is 2.93. The topological polar surface area (TPSA) is 55.1 Å². The van der Waals surface area contributed by atoms with Crippen LogP contribution in [0, 0.1) is 0 Å². The molecule has 0 aromatic carbocycles. The zero-order valence-corrected chi connectivity index (χ0v) is 11.5. The Morgan fingerprint density at radius 2 is 2.21 bits per heavy atom. The number of hydrogen-bond acceptors (Lipinski definition) is 5. The van der Waals surface area contributed by atoms with Crippen molar-refractivity contribution in [2.45, 2.75) is 19.8 Å². The SMILES string of the molecule is CCc1nnc2ccc(NCCc3cccs3)nn12. The fourth-order valence-electron chi connectivity index (χ4n) is 1.92. The van der Waals surface area contributed by atoms with Gasteiger partial charge in [-0.25, -0.2) is 0 Å². The van der Waals surface area contributed by atoms with Gasteiger partial charge >= 0.3 is 0 Å². The Balaban J connectivity index is 1.70. The van der Waals surface area contributed by atoms with E-state index in [0.29, 0.717) is 0 Å². The third kappa shape index (κ3) is 2.58. The van der Waals surface area contributed by atoms with Crippen molar-refractivity contribution in [1.82, 2.24) is 19.8 Å². The first kappa shape index (κ1) is 12.1. The molecule has 0 saturated carbocycles. The van der Waals surface area contributed by atoms with Gasteiger partial charge in [0.05, 0.1) is 0 Å². The average molecular weight is 273 g/mol. The van der Waals surface area contributed by atoms with Crippen LogP contribution in [-0.2, 0) is 12.8 Å². The van der Waals surface area contributed by atoms with Crippen LogP contribution < -0.4 is 5.32 Å². The highest BCUT2D eigenvalue weighted by Gasteiger charge is 2.05. The molecule has 3 aromatic rings. The van der Waals surface area contributed by atoms with Gasteiger partial charge in [0.25, 0.3) is 0 Å². The van der Waals surface area contributed by atoms with Crippen molar-refractivity contribution >= 4 is 22.8 Å². The number of rotatable bonds is 5. The first-order chi connectivity index (χ1) is 9.36. The number of fused-ring (bicyclic) bond motifs is 1. The van der Waals surface area contributed by atoms with Crippen LogP contribution >= 0.6 is 11.3 Å². The van der Waals surface area contributed by atoms with E-state index < -0.39 is 0 Å². The van der Waals surface area contributed by atoms with Gasteiger partial charge in [-0.15, -0.1) is 26.6 Å². The number of aromatic nitrogens is 4. The third-order valence-corrected chi connectivity index (χ3v) is 3.84. The predicted molar refractivity (Wildman–Crippen MR) is 76.7 cm³/mol. The Bertz CT molecular complexity index is 659. The molecule has 0 bridgehead atoms. The Hall–Kier alpha value is -1.95. The zero-order chi connectivity index (χ0) is 13.1. The van der Waals surface area contributed by atoms with Crippen molar-refractivity contribution in [1.29, 1.82) is 0 Å². The number of nitrogens with zero attached hydrogens (tertiary/aromatic N) is 4. The van der Waals surface area contributed by atoms with E-state index in [4.69, 9.17) is 0 Å². The first-order valence-electron chi connectivity index (χ1n) is 6.34. The van der Waals surface area contributed by atoms with E-state index in [-0.39, 0.29) is 0 Å². The van der Waals surface area contributed by atoms with Gasteiger partial charge in [0.15, 0.2) is 11.5 Å². The Labute approximate surface area is 115 Å². The maximum Gasteiger partial charge on any atom is 0.178 e. The smallest absolute Gasteiger partial charge is 0.178 e. The number of anilines is 1. The summed E-state index contributed by atoms with van der Waals surface area (Å²) in [4.78, 5) is 1.38. The predicted octanol–water partition coefficient (Wildman–Crippen LogP) is 2.40. The lowest BCUT2D eigenvalue weighted by molar-refractivity contribution is 0.821. The van der Waals surface area contributed by atoms with Gasteiger partial charge in [0, 0.05) is 17.8 Å². The molecule has 5 nitrogen and oxygen atoms in total. The quantitative estimate of drug-likeness (QED) is 0.775. The van der Waals surface area contributed by atoms with Crippen molar-refractivity contribution in [2.24, 2.45) is 0 Å².